The Kier molecular flexibility index (Phi) is 7.54. The lowest BCUT2D eigenvalue weighted by atomic mass is 9.92. The molecule has 0 saturated heterocycles. The number of rotatable bonds is 7. The highest BCUT2D eigenvalue weighted by Crippen LogP contribution is 2.29. The molecule has 2 aromatic carbocycles. The molecule has 5 rings (SSSR count). The fourth-order valence-corrected chi connectivity index (χ4v) is 4.03. The van der Waals surface area contributed by atoms with Crippen molar-refractivity contribution in [1.82, 2.24) is 24.5 Å². The highest BCUT2D eigenvalue weighted by molar-refractivity contribution is 5.99. The van der Waals surface area contributed by atoms with E-state index in [0.29, 0.717) is 22.9 Å². The van der Waals surface area contributed by atoms with Crippen molar-refractivity contribution in [3.05, 3.63) is 96.3 Å². The quantitative estimate of drug-likeness (QED) is 0.226. The number of ether oxygens (including phenoxy) is 1. The zero-order valence-electron chi connectivity index (χ0n) is 23.1. The average Bonchev–Trinajstić information content (AvgIpc) is 3.57. The molecule has 0 unspecified atom stereocenters. The van der Waals surface area contributed by atoms with Gasteiger partial charge < -0.3 is 15.2 Å². The van der Waals surface area contributed by atoms with Gasteiger partial charge in [0, 0.05) is 48.6 Å². The van der Waals surface area contributed by atoms with Gasteiger partial charge in [0.2, 0.25) is 0 Å². The van der Waals surface area contributed by atoms with Crippen LogP contribution in [0.15, 0.2) is 79.3 Å². The number of nitrogens with one attached hydrogen (secondary N) is 2. The van der Waals surface area contributed by atoms with Gasteiger partial charge >= 0.3 is 6.03 Å². The van der Waals surface area contributed by atoms with Crippen molar-refractivity contribution in [2.24, 2.45) is 7.05 Å². The second kappa shape index (κ2) is 11.2. The lowest BCUT2D eigenvalue weighted by Crippen LogP contribution is -2.22. The van der Waals surface area contributed by atoms with E-state index in [-0.39, 0.29) is 23.5 Å². The van der Waals surface area contributed by atoms with Gasteiger partial charge in [0.25, 0.3) is 0 Å². The van der Waals surface area contributed by atoms with Crippen LogP contribution in [-0.2, 0) is 19.1 Å². The maximum Gasteiger partial charge on any atom is 0.324 e. The van der Waals surface area contributed by atoms with Crippen LogP contribution >= 0.6 is 0 Å². The smallest absolute Gasteiger partial charge is 0.324 e. The van der Waals surface area contributed by atoms with Crippen molar-refractivity contribution in [3.8, 4) is 28.4 Å². The summed E-state index contributed by atoms with van der Waals surface area (Å²) in [6, 6.07) is 15.9. The molecule has 3 aromatic heterocycles. The zero-order valence-corrected chi connectivity index (χ0v) is 23.1. The molecule has 0 bridgehead atoms. The fourth-order valence-electron chi connectivity index (χ4n) is 4.03. The summed E-state index contributed by atoms with van der Waals surface area (Å²) in [6.07, 6.45) is 5.13. The third-order valence-electron chi connectivity index (χ3n) is 6.24. The minimum atomic E-state index is -0.664. The molecule has 0 atom stereocenters. The number of pyridine rings is 1. The molecule has 0 spiro atoms. The monoisotopic (exact) mass is 555 g/mol. The summed E-state index contributed by atoms with van der Waals surface area (Å²) in [5, 5.41) is 23.5. The number of amides is 2. The van der Waals surface area contributed by atoms with E-state index in [0.717, 1.165) is 16.8 Å². The molecular weight excluding hydrogens is 525 g/mol. The van der Waals surface area contributed by atoms with Gasteiger partial charge in [0.05, 0.1) is 35.6 Å². The molecule has 3 N–H and O–H groups in total. The van der Waals surface area contributed by atoms with Gasteiger partial charge in [-0.1, -0.05) is 32.9 Å². The number of hydrogen-bond acceptors (Lipinski definition) is 6. The summed E-state index contributed by atoms with van der Waals surface area (Å²) < 4.78 is 24.1. The first-order valence-electron chi connectivity index (χ1n) is 12.9. The maximum absolute atomic E-state index is 15.0. The number of carbonyl (C=O) groups excluding carboxylic acids is 1. The number of urea groups is 1. The molecule has 2 amide bonds. The molecule has 0 fully saturated rings. The molecule has 3 heterocycles. The predicted molar refractivity (Wildman–Crippen MR) is 154 cm³/mol. The Morgan fingerprint density at radius 2 is 1.78 bits per heavy atom. The number of aliphatic hydroxyl groups excluding tert-OH is 1. The Morgan fingerprint density at radius 3 is 2.44 bits per heavy atom. The lowest BCUT2D eigenvalue weighted by molar-refractivity contribution is 0.262. The summed E-state index contributed by atoms with van der Waals surface area (Å²) in [5.74, 6) is 0.483. The average molecular weight is 556 g/mol. The standard InChI is InChI=1S/C30H30FN7O3/c1-30(2,3)27-15-28(38(36-27)21-7-5-19(18-39)6-8-21)35-29(40)34-25-10-9-22(13-24(25)31)41-23-11-12-32-26(14-23)20-16-33-37(4)17-20/h5-17,39H,18H2,1-4H3,(H2,34,35,40). The minimum Gasteiger partial charge on any atom is -0.457 e. The van der Waals surface area contributed by atoms with E-state index in [2.05, 4.69) is 25.8 Å². The number of aryl methyl sites for hydroxylation is 1. The van der Waals surface area contributed by atoms with Crippen molar-refractivity contribution < 1.29 is 19.0 Å². The zero-order chi connectivity index (χ0) is 29.1. The molecule has 0 saturated carbocycles. The normalized spacial score (nSPS) is 11.4. The molecule has 11 heteroatoms. The first-order valence-corrected chi connectivity index (χ1v) is 12.9. The van der Waals surface area contributed by atoms with Crippen molar-refractivity contribution in [1.29, 1.82) is 0 Å². The summed E-state index contributed by atoms with van der Waals surface area (Å²) >= 11 is 0. The van der Waals surface area contributed by atoms with Crippen molar-refractivity contribution in [2.45, 2.75) is 32.8 Å². The van der Waals surface area contributed by atoms with Gasteiger partial charge in [-0.25, -0.2) is 13.9 Å². The SMILES string of the molecule is Cn1cc(-c2cc(Oc3ccc(NC(=O)Nc4cc(C(C)(C)C)nn4-c4ccc(CO)cc4)c(F)c3)ccn2)cn1. The van der Waals surface area contributed by atoms with E-state index in [1.54, 1.807) is 70.3 Å². The van der Waals surface area contributed by atoms with E-state index in [9.17, 15) is 14.3 Å². The summed E-state index contributed by atoms with van der Waals surface area (Å²) in [4.78, 5) is 17.3. The van der Waals surface area contributed by atoms with Crippen LogP contribution in [0.4, 0.5) is 20.7 Å². The van der Waals surface area contributed by atoms with E-state index >= 15 is 0 Å². The van der Waals surface area contributed by atoms with Gasteiger partial charge in [-0.15, -0.1) is 0 Å². The summed E-state index contributed by atoms with van der Waals surface area (Å²) in [7, 11) is 1.82. The summed E-state index contributed by atoms with van der Waals surface area (Å²) in [6.45, 7) is 5.97. The lowest BCUT2D eigenvalue weighted by Gasteiger charge is -2.14. The Morgan fingerprint density at radius 1 is 1.02 bits per heavy atom. The minimum absolute atomic E-state index is 0.0185. The van der Waals surface area contributed by atoms with E-state index in [4.69, 9.17) is 4.74 Å². The van der Waals surface area contributed by atoms with Crippen LogP contribution in [0.5, 0.6) is 11.5 Å². The second-order valence-corrected chi connectivity index (χ2v) is 10.5. The van der Waals surface area contributed by atoms with Crippen LogP contribution in [-0.4, -0.2) is 35.7 Å². The number of aliphatic hydroxyl groups is 1. The maximum atomic E-state index is 15.0. The second-order valence-electron chi connectivity index (χ2n) is 10.5. The Balaban J connectivity index is 1.30. The molecule has 0 radical (unpaired) electrons. The molecule has 10 nitrogen and oxygen atoms in total. The predicted octanol–water partition coefficient (Wildman–Crippen LogP) is 6.03. The summed E-state index contributed by atoms with van der Waals surface area (Å²) in [5.41, 5.74) is 3.41. The number of hydrogen-bond donors (Lipinski definition) is 3. The highest BCUT2D eigenvalue weighted by Gasteiger charge is 2.22. The largest absolute Gasteiger partial charge is 0.457 e. The van der Waals surface area contributed by atoms with Crippen LogP contribution in [0.2, 0.25) is 0 Å². The van der Waals surface area contributed by atoms with Crippen LogP contribution in [0, 0.1) is 5.82 Å². The van der Waals surface area contributed by atoms with Gasteiger partial charge in [-0.05, 0) is 35.9 Å². The number of benzene rings is 2. The van der Waals surface area contributed by atoms with Crippen LogP contribution < -0.4 is 15.4 Å². The molecule has 0 aliphatic carbocycles. The fraction of sp³-hybridized carbons (Fsp3) is 0.200. The third-order valence-corrected chi connectivity index (χ3v) is 6.24. The molecule has 0 aliphatic heterocycles. The van der Waals surface area contributed by atoms with E-state index in [1.165, 1.54) is 12.1 Å². The molecule has 5 aromatic rings. The molecular formula is C30H30FN7O3. The number of carbonyl (C=O) groups is 1. The Hall–Kier alpha value is -5.03. The third kappa shape index (κ3) is 6.42. The molecule has 210 valence electrons. The van der Waals surface area contributed by atoms with Gasteiger partial charge in [0.15, 0.2) is 0 Å². The molecule has 0 aliphatic rings. The Bertz CT molecular complexity index is 1690. The van der Waals surface area contributed by atoms with Crippen LogP contribution in [0.3, 0.4) is 0 Å². The van der Waals surface area contributed by atoms with Crippen molar-refractivity contribution in [2.75, 3.05) is 10.6 Å². The van der Waals surface area contributed by atoms with E-state index in [1.807, 2.05) is 34.0 Å². The van der Waals surface area contributed by atoms with Crippen molar-refractivity contribution in [3.63, 3.8) is 0 Å². The topological polar surface area (TPSA) is 119 Å². The van der Waals surface area contributed by atoms with Gasteiger partial charge in [-0.3, -0.25) is 15.0 Å². The molecule has 41 heavy (non-hydrogen) atoms. The number of halogens is 1. The number of aromatic nitrogens is 5. The Labute approximate surface area is 236 Å². The highest BCUT2D eigenvalue weighted by atomic mass is 19.1. The van der Waals surface area contributed by atoms with Crippen LogP contribution in [0.1, 0.15) is 32.0 Å². The first-order chi connectivity index (χ1) is 19.6. The van der Waals surface area contributed by atoms with Crippen molar-refractivity contribution >= 4 is 17.5 Å². The number of nitrogens with zero attached hydrogens (tertiary/aromatic N) is 5. The van der Waals surface area contributed by atoms with Crippen LogP contribution in [0.25, 0.3) is 16.9 Å². The van der Waals surface area contributed by atoms with Gasteiger partial charge in [0.1, 0.15) is 23.1 Å². The first kappa shape index (κ1) is 27.5. The number of anilines is 2. The van der Waals surface area contributed by atoms with E-state index < -0.39 is 11.8 Å². The van der Waals surface area contributed by atoms with Gasteiger partial charge in [-0.2, -0.15) is 10.2 Å².